The van der Waals surface area contributed by atoms with Gasteiger partial charge in [0.15, 0.2) is 0 Å². The van der Waals surface area contributed by atoms with Crippen molar-refractivity contribution >= 4 is 46.7 Å². The summed E-state index contributed by atoms with van der Waals surface area (Å²) in [7, 11) is -3.46. The van der Waals surface area contributed by atoms with Crippen LogP contribution in [0.3, 0.4) is 0 Å². The SMILES string of the molecule is CC(C)(C)OC(=O)NCCc1ccccc1CN.CC(C)(C)OC(=O)NCCc1ccccc1CNC(=O)OCc1ccccc1.CS(=O)(=O)OCCc1ccccc1CNC(=O)OCc1ccccc1.NCCc1ccccc1CNC(=O)OCc1ccccc1.[N-]=[N+]=NCCc1ccccc1CNC(=O)OCc1ccccc1. The predicted molar refractivity (Wildman–Crippen MR) is 445 cm³/mol. The summed E-state index contributed by atoms with van der Waals surface area (Å²) in [5.41, 5.74) is 32.7. The Bertz CT molecular complexity index is 4530. The van der Waals surface area contributed by atoms with Gasteiger partial charge in [0.2, 0.25) is 0 Å². The first kappa shape index (κ1) is 93.3. The van der Waals surface area contributed by atoms with E-state index in [9.17, 15) is 37.2 Å². The molecule has 0 aliphatic heterocycles. The number of hydrogen-bond donors (Lipinski definition) is 8. The van der Waals surface area contributed by atoms with Gasteiger partial charge in [-0.15, -0.1) is 0 Å². The van der Waals surface area contributed by atoms with Gasteiger partial charge in [-0.2, -0.15) is 8.42 Å². The fraction of sp³-hybridized carbons (Fsp3) is 0.318. The average molecular weight is 1590 g/mol. The maximum absolute atomic E-state index is 11.9. The van der Waals surface area contributed by atoms with Gasteiger partial charge in [-0.1, -0.05) is 248 Å². The van der Waals surface area contributed by atoms with Gasteiger partial charge in [-0.05, 0) is 164 Å². The first-order valence-electron chi connectivity index (χ1n) is 37.6. The van der Waals surface area contributed by atoms with Gasteiger partial charge in [0, 0.05) is 57.3 Å². The van der Waals surface area contributed by atoms with Gasteiger partial charge in [0.25, 0.3) is 10.1 Å². The number of hydrogen-bond acceptors (Lipinski definition) is 18. The van der Waals surface area contributed by atoms with Crippen molar-refractivity contribution in [3.8, 4) is 0 Å². The van der Waals surface area contributed by atoms with Crippen LogP contribution in [0.2, 0.25) is 0 Å². The Labute approximate surface area is 675 Å². The molecule has 0 aliphatic carbocycles. The monoisotopic (exact) mass is 1590 g/mol. The number of azide groups is 1. The molecular formula is C88H109N11O15S. The highest BCUT2D eigenvalue weighted by molar-refractivity contribution is 7.86. The standard InChI is InChI=1S/C22H28N2O4.C18H21NO5S.C17H18N4O2.C17H20N2O2.C14H22N2O2/c1-22(2,3)28-21(26)23-14-13-18-11-7-8-12-19(18)15-24-20(25)27-16-17-9-5-4-6-10-17;1-25(21,22)24-12-11-16-9-5-6-10-17(16)13-19-18(20)23-14-15-7-3-2-4-8-15;18-21-20-11-10-15-8-4-5-9-16(15)12-19-17(22)23-13-14-6-2-1-3-7-14;18-11-10-15-8-4-5-9-16(15)12-19-17(20)21-13-14-6-2-1-3-7-14;1-14(2,3)18-13(17)16-9-8-11-6-4-5-7-12(11)10-15/h4-12H,13-16H2,1-3H3,(H,23,26)(H,24,25);2-10H,11-14H2,1H3,(H,19,20);1-9H,10-13H2,(H,19,22);1-9H,10-13,18H2,(H,19,20);4-7H,8-10,15H2,1-3H3,(H,16,17). The van der Waals surface area contributed by atoms with Crippen molar-refractivity contribution in [3.05, 3.63) is 331 Å². The van der Waals surface area contributed by atoms with Gasteiger partial charge in [-0.3, -0.25) is 4.18 Å². The highest BCUT2D eigenvalue weighted by atomic mass is 32.2. The summed E-state index contributed by atoms with van der Waals surface area (Å²) in [4.78, 5) is 73.1. The van der Waals surface area contributed by atoms with Crippen LogP contribution in [0.25, 0.3) is 10.4 Å². The molecule has 0 saturated carbocycles. The highest BCUT2D eigenvalue weighted by Gasteiger charge is 2.18. The zero-order chi connectivity index (χ0) is 83.4. The quantitative estimate of drug-likeness (QED) is 0.00638. The number of nitrogens with two attached hydrogens (primary N) is 2. The van der Waals surface area contributed by atoms with Gasteiger partial charge in [0.1, 0.15) is 37.6 Å². The molecule has 26 nitrogen and oxygen atoms in total. The minimum absolute atomic E-state index is 0.0638. The lowest BCUT2D eigenvalue weighted by Crippen LogP contribution is -2.33. The summed E-state index contributed by atoms with van der Waals surface area (Å²) in [5.74, 6) is 0. The second-order valence-corrected chi connectivity index (χ2v) is 29.2. The van der Waals surface area contributed by atoms with Gasteiger partial charge in [-0.25, -0.2) is 28.8 Å². The summed E-state index contributed by atoms with van der Waals surface area (Å²) < 4.78 is 57.9. The number of nitrogens with one attached hydrogen (secondary N) is 6. The number of ether oxygens (including phenoxy) is 6. The summed E-state index contributed by atoms with van der Waals surface area (Å²) >= 11 is 0. The van der Waals surface area contributed by atoms with Crippen molar-refractivity contribution < 1.29 is 69.8 Å². The van der Waals surface area contributed by atoms with E-state index in [-0.39, 0.29) is 39.1 Å². The lowest BCUT2D eigenvalue weighted by Gasteiger charge is -2.19. The van der Waals surface area contributed by atoms with E-state index in [0.717, 1.165) is 97.0 Å². The minimum Gasteiger partial charge on any atom is -0.445 e. The Hall–Kier alpha value is -12.3. The molecule has 0 spiro atoms. The van der Waals surface area contributed by atoms with Crippen LogP contribution in [0.15, 0.2) is 248 Å². The Morgan fingerprint density at radius 3 is 0.896 bits per heavy atom. The summed E-state index contributed by atoms with van der Waals surface area (Å²) in [5, 5.41) is 20.0. The normalized spacial score (nSPS) is 10.6. The van der Waals surface area contributed by atoms with E-state index in [1.807, 2.05) is 284 Å². The third-order valence-electron chi connectivity index (χ3n) is 16.1. The molecule has 27 heteroatoms. The lowest BCUT2D eigenvalue weighted by atomic mass is 10.0. The summed E-state index contributed by atoms with van der Waals surface area (Å²) in [6, 6.07) is 76.9. The Balaban J connectivity index is 0.000000258. The number of rotatable bonds is 32. The van der Waals surface area contributed by atoms with Crippen LogP contribution < -0.4 is 43.4 Å². The van der Waals surface area contributed by atoms with E-state index in [4.69, 9.17) is 49.6 Å². The summed E-state index contributed by atoms with van der Waals surface area (Å²) in [6.07, 6.45) is 1.62. The molecular weight excluding hydrogens is 1480 g/mol. The highest BCUT2D eigenvalue weighted by Crippen LogP contribution is 2.17. The van der Waals surface area contributed by atoms with Crippen molar-refractivity contribution in [1.82, 2.24) is 31.9 Å². The summed E-state index contributed by atoms with van der Waals surface area (Å²) in [6.45, 7) is 16.0. The van der Waals surface area contributed by atoms with Crippen molar-refractivity contribution in [3.63, 3.8) is 0 Å². The molecule has 0 fully saturated rings. The first-order valence-corrected chi connectivity index (χ1v) is 39.4. The van der Waals surface area contributed by atoms with Crippen molar-refractivity contribution in [2.45, 2.75) is 144 Å². The molecule has 612 valence electrons. The fourth-order valence-corrected chi connectivity index (χ4v) is 10.9. The molecule has 0 heterocycles. The molecule has 0 saturated heterocycles. The topological polar surface area (TPSA) is 374 Å². The molecule has 9 aromatic carbocycles. The van der Waals surface area contributed by atoms with E-state index < -0.39 is 51.8 Å². The Morgan fingerprint density at radius 2 is 0.617 bits per heavy atom. The third kappa shape index (κ3) is 42.8. The van der Waals surface area contributed by atoms with Crippen LogP contribution >= 0.6 is 0 Å². The Kier molecular flexibility index (Phi) is 42.9. The Morgan fingerprint density at radius 1 is 0.357 bits per heavy atom. The molecule has 115 heavy (non-hydrogen) atoms. The van der Waals surface area contributed by atoms with Crippen LogP contribution in [0.1, 0.15) is 119 Å². The van der Waals surface area contributed by atoms with Crippen molar-refractivity contribution in [1.29, 1.82) is 0 Å². The van der Waals surface area contributed by atoms with Crippen LogP contribution in [-0.2, 0) is 134 Å². The molecule has 0 aromatic heterocycles. The lowest BCUT2D eigenvalue weighted by molar-refractivity contribution is 0.0517. The number of amides is 6. The van der Waals surface area contributed by atoms with Gasteiger partial charge < -0.3 is 71.8 Å². The molecule has 10 N–H and O–H groups in total. The molecule has 9 rings (SSSR count). The number of carbonyl (C=O) groups excluding carboxylic acids is 6. The molecule has 0 unspecified atom stereocenters. The van der Waals surface area contributed by atoms with Crippen molar-refractivity contribution in [2.75, 3.05) is 39.0 Å². The predicted octanol–water partition coefficient (Wildman–Crippen LogP) is 15.6. The smallest absolute Gasteiger partial charge is 0.407 e. The number of alkyl carbamates (subject to hydrolysis) is 6. The van der Waals surface area contributed by atoms with Crippen molar-refractivity contribution in [2.24, 2.45) is 16.6 Å². The van der Waals surface area contributed by atoms with Crippen LogP contribution in [0, 0.1) is 0 Å². The number of benzene rings is 9. The maximum atomic E-state index is 11.9. The third-order valence-corrected chi connectivity index (χ3v) is 16.7. The average Bonchev–Trinajstić information content (AvgIpc) is 1.67. The van der Waals surface area contributed by atoms with E-state index >= 15 is 0 Å². The van der Waals surface area contributed by atoms with Crippen LogP contribution in [-0.4, -0.2) is 95.2 Å². The zero-order valence-corrected chi connectivity index (χ0v) is 67.4. The molecule has 0 aliphatic rings. The number of carbonyl (C=O) groups is 6. The zero-order valence-electron chi connectivity index (χ0n) is 66.6. The van der Waals surface area contributed by atoms with E-state index in [2.05, 4.69) is 41.9 Å². The van der Waals surface area contributed by atoms with E-state index in [0.29, 0.717) is 78.2 Å². The molecule has 9 aromatic rings. The largest absolute Gasteiger partial charge is 0.445 e. The van der Waals surface area contributed by atoms with E-state index in [1.165, 1.54) is 0 Å². The second-order valence-electron chi connectivity index (χ2n) is 27.6. The molecule has 6 amide bonds. The van der Waals surface area contributed by atoms with Gasteiger partial charge in [0.05, 0.1) is 12.9 Å². The first-order chi connectivity index (χ1) is 55.3. The van der Waals surface area contributed by atoms with Crippen LogP contribution in [0.5, 0.6) is 0 Å². The van der Waals surface area contributed by atoms with E-state index in [1.54, 1.807) is 0 Å². The number of nitrogens with zero attached hydrogens (tertiary/aromatic N) is 3. The van der Waals surface area contributed by atoms with Gasteiger partial charge >= 0.3 is 36.6 Å². The minimum atomic E-state index is -3.46. The molecule has 0 radical (unpaired) electrons. The van der Waals surface area contributed by atoms with Crippen LogP contribution in [0.4, 0.5) is 28.8 Å². The fourth-order valence-electron chi connectivity index (χ4n) is 10.6. The molecule has 0 bridgehead atoms. The maximum Gasteiger partial charge on any atom is 0.407 e. The second kappa shape index (κ2) is 52.9. The molecule has 0 atom stereocenters.